The molecule has 0 aliphatic rings. The van der Waals surface area contributed by atoms with Crippen LogP contribution < -0.4 is 5.32 Å². The van der Waals surface area contributed by atoms with E-state index in [-0.39, 0.29) is 5.91 Å². The highest BCUT2D eigenvalue weighted by atomic mass is 16.1. The number of rotatable bonds is 3. The van der Waals surface area contributed by atoms with Gasteiger partial charge in [-0.2, -0.15) is 0 Å². The first-order valence-corrected chi connectivity index (χ1v) is 3.93. The van der Waals surface area contributed by atoms with E-state index in [9.17, 15) is 4.79 Å². The van der Waals surface area contributed by atoms with Gasteiger partial charge in [0.2, 0.25) is 5.91 Å². The third-order valence-corrected chi connectivity index (χ3v) is 1.62. The summed E-state index contributed by atoms with van der Waals surface area (Å²) in [7, 11) is 0. The quantitative estimate of drug-likeness (QED) is 0.699. The van der Waals surface area contributed by atoms with E-state index in [0.717, 1.165) is 11.3 Å². The van der Waals surface area contributed by atoms with Crippen molar-refractivity contribution >= 4 is 17.7 Å². The molecule has 0 fully saturated rings. The molecule has 0 atom stereocenters. The molecular formula is C11H11NO. The van der Waals surface area contributed by atoms with Crippen LogP contribution in [0.25, 0.3) is 6.08 Å². The number of hydrogen-bond acceptors (Lipinski definition) is 1. The fourth-order valence-corrected chi connectivity index (χ4v) is 0.973. The van der Waals surface area contributed by atoms with Crippen LogP contribution >= 0.6 is 0 Å². The topological polar surface area (TPSA) is 29.1 Å². The van der Waals surface area contributed by atoms with Crippen LogP contribution in [0.15, 0.2) is 43.5 Å². The van der Waals surface area contributed by atoms with Crippen LogP contribution in [0.3, 0.4) is 0 Å². The Morgan fingerprint density at radius 3 is 2.62 bits per heavy atom. The summed E-state index contributed by atoms with van der Waals surface area (Å²) in [6.45, 7) is 7.02. The van der Waals surface area contributed by atoms with Gasteiger partial charge in [-0.25, -0.2) is 0 Å². The van der Waals surface area contributed by atoms with Gasteiger partial charge in [0.25, 0.3) is 0 Å². The normalized spacial score (nSPS) is 8.92. The molecule has 0 aliphatic heterocycles. The second-order valence-electron chi connectivity index (χ2n) is 2.48. The van der Waals surface area contributed by atoms with Crippen molar-refractivity contribution in [2.45, 2.75) is 0 Å². The van der Waals surface area contributed by atoms with Crippen LogP contribution in [0.4, 0.5) is 5.69 Å². The molecule has 0 spiro atoms. The van der Waals surface area contributed by atoms with E-state index in [4.69, 9.17) is 0 Å². The fourth-order valence-electron chi connectivity index (χ4n) is 0.973. The maximum Gasteiger partial charge on any atom is 0.247 e. The molecule has 2 heteroatoms. The third-order valence-electron chi connectivity index (χ3n) is 1.62. The zero-order chi connectivity index (χ0) is 9.68. The predicted molar refractivity (Wildman–Crippen MR) is 55.4 cm³/mol. The Balaban J connectivity index is 2.93. The van der Waals surface area contributed by atoms with E-state index < -0.39 is 0 Å². The lowest BCUT2D eigenvalue weighted by molar-refractivity contribution is -0.111. The average Bonchev–Trinajstić information content (AvgIpc) is 2.18. The molecule has 1 amide bonds. The Bertz CT molecular complexity index is 342. The summed E-state index contributed by atoms with van der Waals surface area (Å²) < 4.78 is 0. The van der Waals surface area contributed by atoms with Gasteiger partial charge in [-0.1, -0.05) is 37.4 Å². The lowest BCUT2D eigenvalue weighted by atomic mass is 10.2. The first-order valence-electron chi connectivity index (χ1n) is 3.93. The Kier molecular flexibility index (Phi) is 3.03. The van der Waals surface area contributed by atoms with E-state index in [1.807, 2.05) is 24.3 Å². The van der Waals surface area contributed by atoms with Crippen molar-refractivity contribution in [3.8, 4) is 0 Å². The number of benzene rings is 1. The van der Waals surface area contributed by atoms with Crippen molar-refractivity contribution in [3.63, 3.8) is 0 Å². The molecule has 1 N–H and O–H groups in total. The summed E-state index contributed by atoms with van der Waals surface area (Å²) >= 11 is 0. The standard InChI is InChI=1S/C11H11NO/c1-3-9-7-5-6-8-10(9)12-11(13)4-2/h3-8H,1-2H2,(H,12,13). The van der Waals surface area contributed by atoms with E-state index >= 15 is 0 Å². The maximum absolute atomic E-state index is 11.0. The van der Waals surface area contributed by atoms with Crippen LogP contribution in [0.5, 0.6) is 0 Å². The van der Waals surface area contributed by atoms with Crippen LogP contribution in [-0.4, -0.2) is 5.91 Å². The van der Waals surface area contributed by atoms with Gasteiger partial charge in [0, 0.05) is 5.69 Å². The van der Waals surface area contributed by atoms with Crippen LogP contribution in [0, 0.1) is 0 Å². The Morgan fingerprint density at radius 1 is 1.31 bits per heavy atom. The number of amides is 1. The number of anilines is 1. The summed E-state index contributed by atoms with van der Waals surface area (Å²) in [4.78, 5) is 11.0. The van der Waals surface area contributed by atoms with E-state index in [2.05, 4.69) is 18.5 Å². The smallest absolute Gasteiger partial charge is 0.247 e. The molecule has 66 valence electrons. The monoisotopic (exact) mass is 173 g/mol. The largest absolute Gasteiger partial charge is 0.322 e. The lowest BCUT2D eigenvalue weighted by Crippen LogP contribution is -2.08. The molecule has 0 aliphatic carbocycles. The van der Waals surface area contributed by atoms with Crippen molar-refractivity contribution in [2.75, 3.05) is 5.32 Å². The molecule has 1 aromatic carbocycles. The molecule has 2 nitrogen and oxygen atoms in total. The van der Waals surface area contributed by atoms with Gasteiger partial charge < -0.3 is 5.32 Å². The Hall–Kier alpha value is -1.83. The molecule has 0 saturated carbocycles. The SMILES string of the molecule is C=CC(=O)Nc1ccccc1C=C. The highest BCUT2D eigenvalue weighted by molar-refractivity contribution is 6.00. The van der Waals surface area contributed by atoms with Gasteiger partial charge >= 0.3 is 0 Å². The number of para-hydroxylation sites is 1. The summed E-state index contributed by atoms with van der Waals surface area (Å²) in [5.41, 5.74) is 1.65. The second kappa shape index (κ2) is 4.26. The first-order chi connectivity index (χ1) is 6.27. The van der Waals surface area contributed by atoms with Gasteiger partial charge in [0.1, 0.15) is 0 Å². The van der Waals surface area contributed by atoms with Crippen molar-refractivity contribution in [1.29, 1.82) is 0 Å². The van der Waals surface area contributed by atoms with Gasteiger partial charge in [-0.05, 0) is 17.7 Å². The third kappa shape index (κ3) is 2.30. The molecule has 0 radical (unpaired) electrons. The van der Waals surface area contributed by atoms with E-state index in [0.29, 0.717) is 0 Å². The molecule has 0 heterocycles. The summed E-state index contributed by atoms with van der Waals surface area (Å²) in [6.07, 6.45) is 2.93. The summed E-state index contributed by atoms with van der Waals surface area (Å²) in [5.74, 6) is -0.214. The summed E-state index contributed by atoms with van der Waals surface area (Å²) in [5, 5.41) is 2.68. The molecule has 0 aromatic heterocycles. The lowest BCUT2D eigenvalue weighted by Gasteiger charge is -2.05. The van der Waals surface area contributed by atoms with Gasteiger partial charge in [-0.15, -0.1) is 0 Å². The minimum absolute atomic E-state index is 0.214. The zero-order valence-corrected chi connectivity index (χ0v) is 7.29. The zero-order valence-electron chi connectivity index (χ0n) is 7.29. The average molecular weight is 173 g/mol. The molecule has 13 heavy (non-hydrogen) atoms. The van der Waals surface area contributed by atoms with Crippen molar-refractivity contribution in [3.05, 3.63) is 49.1 Å². The minimum atomic E-state index is -0.214. The van der Waals surface area contributed by atoms with Crippen LogP contribution in [-0.2, 0) is 4.79 Å². The van der Waals surface area contributed by atoms with Crippen molar-refractivity contribution in [2.24, 2.45) is 0 Å². The molecule has 1 rings (SSSR count). The number of carbonyl (C=O) groups is 1. The first kappa shape index (κ1) is 9.26. The molecular weight excluding hydrogens is 162 g/mol. The number of carbonyl (C=O) groups excluding carboxylic acids is 1. The van der Waals surface area contributed by atoms with Gasteiger partial charge in [-0.3, -0.25) is 4.79 Å². The van der Waals surface area contributed by atoms with Crippen LogP contribution in [0.1, 0.15) is 5.56 Å². The molecule has 1 aromatic rings. The van der Waals surface area contributed by atoms with Crippen molar-refractivity contribution < 1.29 is 4.79 Å². The van der Waals surface area contributed by atoms with Crippen molar-refractivity contribution in [1.82, 2.24) is 0 Å². The van der Waals surface area contributed by atoms with E-state index in [1.165, 1.54) is 6.08 Å². The molecule has 0 unspecified atom stereocenters. The maximum atomic E-state index is 11.0. The second-order valence-corrected chi connectivity index (χ2v) is 2.48. The number of nitrogens with one attached hydrogen (secondary N) is 1. The van der Waals surface area contributed by atoms with Gasteiger partial charge in [0.05, 0.1) is 0 Å². The van der Waals surface area contributed by atoms with Crippen LogP contribution in [0.2, 0.25) is 0 Å². The minimum Gasteiger partial charge on any atom is -0.322 e. The summed E-state index contributed by atoms with van der Waals surface area (Å²) in [6, 6.07) is 7.44. The van der Waals surface area contributed by atoms with E-state index in [1.54, 1.807) is 6.08 Å². The molecule has 0 bridgehead atoms. The Morgan fingerprint density at radius 2 is 2.00 bits per heavy atom. The Labute approximate surface area is 77.6 Å². The van der Waals surface area contributed by atoms with Gasteiger partial charge in [0.15, 0.2) is 0 Å². The highest BCUT2D eigenvalue weighted by Crippen LogP contribution is 2.15. The molecule has 0 saturated heterocycles. The predicted octanol–water partition coefficient (Wildman–Crippen LogP) is 2.45. The highest BCUT2D eigenvalue weighted by Gasteiger charge is 1.99. The number of hydrogen-bond donors (Lipinski definition) is 1. The fraction of sp³-hybridized carbons (Fsp3) is 0.